The van der Waals surface area contributed by atoms with Gasteiger partial charge < -0.3 is 14.2 Å². The lowest BCUT2D eigenvalue weighted by Gasteiger charge is -2.40. The van der Waals surface area contributed by atoms with Crippen LogP contribution in [-0.4, -0.2) is 44.7 Å². The van der Waals surface area contributed by atoms with Crippen LogP contribution in [0.15, 0.2) is 0 Å². The number of hydrogen-bond acceptors (Lipinski definition) is 5. The molecule has 106 valence electrons. The van der Waals surface area contributed by atoms with E-state index in [1.807, 2.05) is 0 Å². The zero-order chi connectivity index (χ0) is 12.8. The van der Waals surface area contributed by atoms with Gasteiger partial charge in [0.2, 0.25) is 0 Å². The van der Waals surface area contributed by atoms with Crippen molar-refractivity contribution >= 4 is 0 Å². The second kappa shape index (κ2) is 6.82. The highest BCUT2D eigenvalue weighted by Crippen LogP contribution is 2.36. The Morgan fingerprint density at radius 1 is 1.50 bits per heavy atom. The molecule has 3 N–H and O–H groups in total. The summed E-state index contributed by atoms with van der Waals surface area (Å²) in [6.07, 6.45) is 4.13. The number of hydrogen-bond donors (Lipinski definition) is 2. The first-order chi connectivity index (χ1) is 8.79. The molecule has 2 rings (SSSR count). The van der Waals surface area contributed by atoms with E-state index in [-0.39, 0.29) is 11.6 Å². The molecule has 5 heteroatoms. The Kier molecular flexibility index (Phi) is 5.38. The first-order valence-corrected chi connectivity index (χ1v) is 7.05. The molecule has 0 amide bonds. The van der Waals surface area contributed by atoms with Gasteiger partial charge in [-0.3, -0.25) is 11.3 Å². The van der Waals surface area contributed by atoms with Gasteiger partial charge in [0.05, 0.1) is 18.8 Å². The highest BCUT2D eigenvalue weighted by Gasteiger charge is 2.42. The largest absolute Gasteiger partial charge is 0.380 e. The fourth-order valence-electron chi connectivity index (χ4n) is 2.95. The van der Waals surface area contributed by atoms with Gasteiger partial charge in [0.1, 0.15) is 0 Å². The SMILES string of the molecule is CCCOCC(NN)C1CCOC2(CCOC2)C1. The topological polar surface area (TPSA) is 65.7 Å². The standard InChI is InChI=1S/C13H26N2O3/c1-2-5-16-9-12(15-14)11-3-6-18-13(8-11)4-7-17-10-13/h11-12,15H,2-10,14H2,1H3. The van der Waals surface area contributed by atoms with Crippen molar-refractivity contribution in [2.45, 2.75) is 44.2 Å². The second-order valence-electron chi connectivity index (χ2n) is 5.44. The lowest BCUT2D eigenvalue weighted by Crippen LogP contribution is -2.51. The molecule has 3 atom stereocenters. The molecule has 5 nitrogen and oxygen atoms in total. The molecule has 2 aliphatic heterocycles. The number of nitrogens with one attached hydrogen (secondary N) is 1. The van der Waals surface area contributed by atoms with Gasteiger partial charge in [0.25, 0.3) is 0 Å². The molecule has 2 aliphatic rings. The average molecular weight is 258 g/mol. The van der Waals surface area contributed by atoms with E-state index in [4.69, 9.17) is 20.1 Å². The third-order valence-electron chi connectivity index (χ3n) is 4.03. The van der Waals surface area contributed by atoms with E-state index >= 15 is 0 Å². The van der Waals surface area contributed by atoms with E-state index in [1.54, 1.807) is 0 Å². The Balaban J connectivity index is 1.85. The summed E-state index contributed by atoms with van der Waals surface area (Å²) in [5.41, 5.74) is 2.86. The van der Waals surface area contributed by atoms with Crippen LogP contribution in [0.2, 0.25) is 0 Å². The van der Waals surface area contributed by atoms with E-state index in [1.165, 1.54) is 0 Å². The molecule has 0 aliphatic carbocycles. The Hall–Kier alpha value is -0.200. The van der Waals surface area contributed by atoms with Crippen molar-refractivity contribution in [3.63, 3.8) is 0 Å². The van der Waals surface area contributed by atoms with Crippen molar-refractivity contribution in [2.24, 2.45) is 11.8 Å². The molecular weight excluding hydrogens is 232 g/mol. The zero-order valence-electron chi connectivity index (χ0n) is 11.3. The minimum atomic E-state index is -0.0528. The van der Waals surface area contributed by atoms with E-state index in [9.17, 15) is 0 Å². The maximum Gasteiger partial charge on any atom is 0.0939 e. The van der Waals surface area contributed by atoms with Gasteiger partial charge in [-0.25, -0.2) is 0 Å². The molecule has 2 saturated heterocycles. The summed E-state index contributed by atoms with van der Waals surface area (Å²) in [6, 6.07) is 0.220. The van der Waals surface area contributed by atoms with Crippen LogP contribution >= 0.6 is 0 Å². The number of ether oxygens (including phenoxy) is 3. The predicted molar refractivity (Wildman–Crippen MR) is 69.1 cm³/mol. The van der Waals surface area contributed by atoms with Gasteiger partial charge in [-0.1, -0.05) is 6.92 Å². The number of nitrogens with two attached hydrogens (primary N) is 1. The molecule has 18 heavy (non-hydrogen) atoms. The number of rotatable bonds is 6. The monoisotopic (exact) mass is 258 g/mol. The third-order valence-corrected chi connectivity index (χ3v) is 4.03. The maximum atomic E-state index is 5.94. The average Bonchev–Trinajstić information content (AvgIpc) is 2.83. The molecule has 0 radical (unpaired) electrons. The van der Waals surface area contributed by atoms with Crippen LogP contribution in [0.1, 0.15) is 32.6 Å². The molecule has 1 spiro atoms. The molecule has 0 aromatic heterocycles. The third kappa shape index (κ3) is 3.42. The van der Waals surface area contributed by atoms with Crippen molar-refractivity contribution in [3.8, 4) is 0 Å². The zero-order valence-corrected chi connectivity index (χ0v) is 11.3. The van der Waals surface area contributed by atoms with E-state index in [0.29, 0.717) is 12.5 Å². The maximum absolute atomic E-state index is 5.94. The van der Waals surface area contributed by atoms with Gasteiger partial charge in [-0.05, 0) is 25.2 Å². The molecule has 0 aromatic rings. The predicted octanol–water partition coefficient (Wildman–Crippen LogP) is 0.831. The van der Waals surface area contributed by atoms with Gasteiger partial charge in [-0.15, -0.1) is 0 Å². The Morgan fingerprint density at radius 3 is 3.06 bits per heavy atom. The van der Waals surface area contributed by atoms with Crippen molar-refractivity contribution < 1.29 is 14.2 Å². The molecule has 2 fully saturated rings. The Labute approximate surface area is 109 Å². The van der Waals surface area contributed by atoms with Crippen molar-refractivity contribution in [3.05, 3.63) is 0 Å². The van der Waals surface area contributed by atoms with Crippen molar-refractivity contribution in [1.82, 2.24) is 5.43 Å². The van der Waals surface area contributed by atoms with Gasteiger partial charge >= 0.3 is 0 Å². The molecular formula is C13H26N2O3. The minimum Gasteiger partial charge on any atom is -0.380 e. The van der Waals surface area contributed by atoms with Crippen LogP contribution in [-0.2, 0) is 14.2 Å². The first kappa shape index (κ1) is 14.2. The normalized spacial score (nSPS) is 34.0. The summed E-state index contributed by atoms with van der Waals surface area (Å²) in [4.78, 5) is 0. The van der Waals surface area contributed by atoms with Crippen LogP contribution in [0.3, 0.4) is 0 Å². The minimum absolute atomic E-state index is 0.0528. The second-order valence-corrected chi connectivity index (χ2v) is 5.44. The summed E-state index contributed by atoms with van der Waals surface area (Å²) in [5, 5.41) is 0. The molecule has 0 saturated carbocycles. The van der Waals surface area contributed by atoms with Crippen LogP contribution in [0, 0.1) is 5.92 Å². The lowest BCUT2D eigenvalue weighted by molar-refractivity contribution is -0.106. The summed E-state index contributed by atoms with van der Waals surface area (Å²) in [7, 11) is 0. The summed E-state index contributed by atoms with van der Waals surface area (Å²) < 4.78 is 17.1. The lowest BCUT2D eigenvalue weighted by atomic mass is 9.81. The number of hydrazine groups is 1. The smallest absolute Gasteiger partial charge is 0.0939 e. The summed E-state index contributed by atoms with van der Waals surface area (Å²) >= 11 is 0. The molecule has 0 aromatic carbocycles. The summed E-state index contributed by atoms with van der Waals surface area (Å²) in [6.45, 7) is 5.96. The van der Waals surface area contributed by atoms with E-state index in [0.717, 1.165) is 52.1 Å². The Bertz CT molecular complexity index is 244. The fraction of sp³-hybridized carbons (Fsp3) is 1.00. The van der Waals surface area contributed by atoms with Crippen molar-refractivity contribution in [1.29, 1.82) is 0 Å². The van der Waals surface area contributed by atoms with Gasteiger partial charge in [-0.2, -0.15) is 0 Å². The van der Waals surface area contributed by atoms with E-state index in [2.05, 4.69) is 12.3 Å². The van der Waals surface area contributed by atoms with Crippen LogP contribution < -0.4 is 11.3 Å². The van der Waals surface area contributed by atoms with Crippen LogP contribution in [0.5, 0.6) is 0 Å². The highest BCUT2D eigenvalue weighted by molar-refractivity contribution is 4.93. The van der Waals surface area contributed by atoms with Gasteiger partial charge in [0, 0.05) is 32.3 Å². The molecule has 3 unspecified atom stereocenters. The quantitative estimate of drug-likeness (QED) is 0.420. The Morgan fingerprint density at radius 2 is 2.39 bits per heavy atom. The van der Waals surface area contributed by atoms with Crippen LogP contribution in [0.25, 0.3) is 0 Å². The first-order valence-electron chi connectivity index (χ1n) is 7.05. The van der Waals surface area contributed by atoms with Crippen LogP contribution in [0.4, 0.5) is 0 Å². The van der Waals surface area contributed by atoms with Gasteiger partial charge in [0.15, 0.2) is 0 Å². The molecule has 0 bridgehead atoms. The van der Waals surface area contributed by atoms with Crippen molar-refractivity contribution in [2.75, 3.05) is 33.0 Å². The molecule has 2 heterocycles. The summed E-state index contributed by atoms with van der Waals surface area (Å²) in [5.74, 6) is 6.19. The highest BCUT2D eigenvalue weighted by atomic mass is 16.6. The van der Waals surface area contributed by atoms with E-state index < -0.39 is 0 Å². The fourth-order valence-corrected chi connectivity index (χ4v) is 2.95.